The smallest absolute Gasteiger partial charge is 0.157 e. The van der Waals surface area contributed by atoms with Crippen LogP contribution in [-0.2, 0) is 11.3 Å². The summed E-state index contributed by atoms with van der Waals surface area (Å²) in [4.78, 5) is 13.0. The van der Waals surface area contributed by atoms with E-state index in [2.05, 4.69) is 0 Å². The molecule has 0 saturated heterocycles. The van der Waals surface area contributed by atoms with Crippen LogP contribution in [0.15, 0.2) is 36.0 Å². The first-order chi connectivity index (χ1) is 7.66. The van der Waals surface area contributed by atoms with Gasteiger partial charge in [-0.15, -0.1) is 0 Å². The minimum atomic E-state index is -0.195. The van der Waals surface area contributed by atoms with E-state index in [1.54, 1.807) is 18.2 Å². The van der Waals surface area contributed by atoms with Gasteiger partial charge < -0.3 is 4.90 Å². The van der Waals surface area contributed by atoms with E-state index in [0.29, 0.717) is 18.5 Å². The predicted molar refractivity (Wildman–Crippen MR) is 60.2 cm³/mol. The Kier molecular flexibility index (Phi) is 3.04. The molecule has 0 N–H and O–H groups in total. The van der Waals surface area contributed by atoms with Crippen LogP contribution in [0.5, 0.6) is 0 Å². The van der Waals surface area contributed by atoms with Crippen molar-refractivity contribution in [1.29, 1.82) is 0 Å². The number of allylic oxidation sites excluding steroid dienone is 2. The molecule has 0 amide bonds. The first-order valence-corrected chi connectivity index (χ1v) is 5.35. The van der Waals surface area contributed by atoms with E-state index in [-0.39, 0.29) is 11.6 Å². The van der Waals surface area contributed by atoms with Crippen molar-refractivity contribution < 1.29 is 9.18 Å². The van der Waals surface area contributed by atoms with Crippen LogP contribution in [0.1, 0.15) is 18.4 Å². The third kappa shape index (κ3) is 2.30. The summed E-state index contributed by atoms with van der Waals surface area (Å²) in [7, 11) is 1.89. The molecule has 1 aromatic rings. The molecule has 0 saturated carbocycles. The first-order valence-electron chi connectivity index (χ1n) is 5.35. The topological polar surface area (TPSA) is 20.3 Å². The lowest BCUT2D eigenvalue weighted by molar-refractivity contribution is -0.114. The summed E-state index contributed by atoms with van der Waals surface area (Å²) in [6, 6.07) is 6.72. The second kappa shape index (κ2) is 4.47. The fourth-order valence-corrected chi connectivity index (χ4v) is 1.87. The van der Waals surface area contributed by atoms with Gasteiger partial charge in [0.1, 0.15) is 5.82 Å². The number of carbonyl (C=O) groups is 1. The zero-order valence-electron chi connectivity index (χ0n) is 9.24. The largest absolute Gasteiger partial charge is 0.373 e. The third-order valence-electron chi connectivity index (χ3n) is 2.81. The minimum Gasteiger partial charge on any atom is -0.373 e. The molecule has 0 heterocycles. The molecule has 0 bridgehead atoms. The zero-order chi connectivity index (χ0) is 11.5. The highest BCUT2D eigenvalue weighted by atomic mass is 19.1. The lowest BCUT2D eigenvalue weighted by Gasteiger charge is -2.20. The molecule has 84 valence electrons. The Labute approximate surface area is 94.4 Å². The van der Waals surface area contributed by atoms with Crippen LogP contribution >= 0.6 is 0 Å². The summed E-state index contributed by atoms with van der Waals surface area (Å²) < 4.78 is 13.4. The molecule has 3 heteroatoms. The first kappa shape index (κ1) is 10.9. The Hall–Kier alpha value is -1.64. The van der Waals surface area contributed by atoms with E-state index in [1.807, 2.05) is 18.0 Å². The zero-order valence-corrected chi connectivity index (χ0v) is 9.24. The molecule has 0 fully saturated rings. The number of halogens is 1. The summed E-state index contributed by atoms with van der Waals surface area (Å²) >= 11 is 0. The van der Waals surface area contributed by atoms with Gasteiger partial charge in [-0.3, -0.25) is 4.79 Å². The van der Waals surface area contributed by atoms with Crippen molar-refractivity contribution in [2.75, 3.05) is 7.05 Å². The van der Waals surface area contributed by atoms with Crippen molar-refractivity contribution in [2.24, 2.45) is 0 Å². The summed E-state index contributed by atoms with van der Waals surface area (Å²) in [5.74, 6) is -0.0327. The minimum absolute atomic E-state index is 0.162. The number of hydrogen-bond donors (Lipinski definition) is 0. The number of ketones is 1. The van der Waals surface area contributed by atoms with Crippen LogP contribution in [0, 0.1) is 5.82 Å². The molecule has 0 unspecified atom stereocenters. The maximum atomic E-state index is 13.4. The number of hydrogen-bond acceptors (Lipinski definition) is 2. The van der Waals surface area contributed by atoms with Crippen molar-refractivity contribution in [3.8, 4) is 0 Å². The summed E-state index contributed by atoms with van der Waals surface area (Å²) in [6.45, 7) is 0.506. The van der Waals surface area contributed by atoms with Gasteiger partial charge in [0.25, 0.3) is 0 Å². The van der Waals surface area contributed by atoms with Crippen molar-refractivity contribution in [2.45, 2.75) is 19.4 Å². The van der Waals surface area contributed by atoms with E-state index in [0.717, 1.165) is 12.1 Å². The van der Waals surface area contributed by atoms with Crippen LogP contribution < -0.4 is 0 Å². The molecule has 0 radical (unpaired) electrons. The van der Waals surface area contributed by atoms with Crippen molar-refractivity contribution >= 4 is 5.78 Å². The Balaban J connectivity index is 2.08. The van der Waals surface area contributed by atoms with E-state index in [1.165, 1.54) is 6.07 Å². The van der Waals surface area contributed by atoms with Gasteiger partial charge >= 0.3 is 0 Å². The van der Waals surface area contributed by atoms with Crippen molar-refractivity contribution in [3.63, 3.8) is 0 Å². The molecule has 0 aliphatic heterocycles. The number of rotatable bonds is 3. The Morgan fingerprint density at radius 1 is 1.31 bits per heavy atom. The van der Waals surface area contributed by atoms with Crippen LogP contribution in [0.3, 0.4) is 0 Å². The van der Waals surface area contributed by atoms with Gasteiger partial charge in [-0.1, -0.05) is 18.2 Å². The van der Waals surface area contributed by atoms with Crippen LogP contribution in [0.4, 0.5) is 4.39 Å². The molecule has 2 rings (SSSR count). The Morgan fingerprint density at radius 2 is 2.06 bits per heavy atom. The fourth-order valence-electron chi connectivity index (χ4n) is 1.87. The predicted octanol–water partition coefficient (Wildman–Crippen LogP) is 2.50. The van der Waals surface area contributed by atoms with Gasteiger partial charge in [-0.2, -0.15) is 0 Å². The molecule has 0 aromatic heterocycles. The highest BCUT2D eigenvalue weighted by molar-refractivity contribution is 5.92. The SMILES string of the molecule is CN(Cc1ccccc1F)C1=CC(=O)CC1. The second-order valence-electron chi connectivity index (χ2n) is 4.05. The molecule has 1 aliphatic rings. The van der Waals surface area contributed by atoms with Gasteiger partial charge in [-0.05, 0) is 12.5 Å². The lowest BCUT2D eigenvalue weighted by atomic mass is 10.2. The highest BCUT2D eigenvalue weighted by Gasteiger charge is 2.16. The Morgan fingerprint density at radius 3 is 2.69 bits per heavy atom. The number of carbonyl (C=O) groups excluding carboxylic acids is 1. The van der Waals surface area contributed by atoms with E-state index in [9.17, 15) is 9.18 Å². The van der Waals surface area contributed by atoms with Crippen LogP contribution in [-0.4, -0.2) is 17.7 Å². The van der Waals surface area contributed by atoms with Crippen LogP contribution in [0.25, 0.3) is 0 Å². The van der Waals surface area contributed by atoms with E-state index < -0.39 is 0 Å². The standard InChI is InChI=1S/C13H14FNO/c1-15(11-6-7-12(16)8-11)9-10-4-2-3-5-13(10)14/h2-5,8H,6-7,9H2,1H3. The van der Waals surface area contributed by atoms with E-state index >= 15 is 0 Å². The van der Waals surface area contributed by atoms with Gasteiger partial charge in [0.15, 0.2) is 5.78 Å². The van der Waals surface area contributed by atoms with Crippen LogP contribution in [0.2, 0.25) is 0 Å². The molecule has 2 nitrogen and oxygen atoms in total. The van der Waals surface area contributed by atoms with Gasteiger partial charge in [0, 0.05) is 37.3 Å². The molecule has 16 heavy (non-hydrogen) atoms. The monoisotopic (exact) mass is 219 g/mol. The van der Waals surface area contributed by atoms with Gasteiger partial charge in [0.2, 0.25) is 0 Å². The normalized spacial score (nSPS) is 15.1. The van der Waals surface area contributed by atoms with E-state index in [4.69, 9.17) is 0 Å². The Bertz CT molecular complexity index is 439. The molecular formula is C13H14FNO. The van der Waals surface area contributed by atoms with Gasteiger partial charge in [-0.25, -0.2) is 4.39 Å². The quantitative estimate of drug-likeness (QED) is 0.778. The summed E-state index contributed by atoms with van der Waals surface area (Å²) in [5.41, 5.74) is 1.65. The van der Waals surface area contributed by atoms with Crippen molar-refractivity contribution in [1.82, 2.24) is 4.90 Å². The third-order valence-corrected chi connectivity index (χ3v) is 2.81. The van der Waals surface area contributed by atoms with Gasteiger partial charge in [0.05, 0.1) is 0 Å². The summed E-state index contributed by atoms with van der Waals surface area (Å²) in [5, 5.41) is 0. The molecule has 0 atom stereocenters. The highest BCUT2D eigenvalue weighted by Crippen LogP contribution is 2.20. The maximum absolute atomic E-state index is 13.4. The summed E-state index contributed by atoms with van der Waals surface area (Å²) in [6.07, 6.45) is 3.00. The fraction of sp³-hybridized carbons (Fsp3) is 0.308. The average molecular weight is 219 g/mol. The molecule has 0 spiro atoms. The molecular weight excluding hydrogens is 205 g/mol. The van der Waals surface area contributed by atoms with Crippen molar-refractivity contribution in [3.05, 3.63) is 47.4 Å². The maximum Gasteiger partial charge on any atom is 0.157 e. The lowest BCUT2D eigenvalue weighted by Crippen LogP contribution is -2.16. The number of benzene rings is 1. The molecule has 1 aromatic carbocycles. The average Bonchev–Trinajstić information content (AvgIpc) is 2.68. The second-order valence-corrected chi connectivity index (χ2v) is 4.05. The number of nitrogens with zero attached hydrogens (tertiary/aromatic N) is 1. The molecule has 1 aliphatic carbocycles.